The average molecular weight is 241 g/mol. The van der Waals surface area contributed by atoms with Crippen LogP contribution in [0.3, 0.4) is 0 Å². The lowest BCUT2D eigenvalue weighted by Gasteiger charge is -2.06. The first kappa shape index (κ1) is 10.5. The van der Waals surface area contributed by atoms with Crippen molar-refractivity contribution in [3.8, 4) is 0 Å². The molecule has 0 spiro atoms. The Kier molecular flexibility index (Phi) is 2.98. The van der Waals surface area contributed by atoms with Crippen molar-refractivity contribution in [2.75, 3.05) is 0 Å². The third kappa shape index (κ3) is 2.52. The van der Waals surface area contributed by atoms with Crippen LogP contribution >= 0.6 is 23.4 Å². The second-order valence-electron chi connectivity index (χ2n) is 3.23. The lowest BCUT2D eigenvalue weighted by molar-refractivity contribution is -0.117. The van der Waals surface area contributed by atoms with Crippen LogP contribution in [0.2, 0.25) is 5.02 Å². The number of carbonyl (C=O) groups excluding carboxylic acids is 1. The van der Waals surface area contributed by atoms with E-state index in [1.165, 1.54) is 11.8 Å². The third-order valence-electron chi connectivity index (χ3n) is 2.07. The summed E-state index contributed by atoms with van der Waals surface area (Å²) in [6.07, 6.45) is 0.619. The highest BCUT2D eigenvalue weighted by atomic mass is 35.5. The molecule has 0 aromatic heterocycles. The highest BCUT2D eigenvalue weighted by Crippen LogP contribution is 2.24. The van der Waals surface area contributed by atoms with E-state index in [-0.39, 0.29) is 11.2 Å². The number of amides is 1. The molecular formula is C10H9ClN2OS. The molecule has 0 unspecified atom stereocenters. The number of hydrogen-bond acceptors (Lipinski definition) is 3. The quantitative estimate of drug-likeness (QED) is 0.858. The van der Waals surface area contributed by atoms with Crippen LogP contribution in [0.15, 0.2) is 29.3 Å². The van der Waals surface area contributed by atoms with Crippen LogP contribution in [0.5, 0.6) is 0 Å². The van der Waals surface area contributed by atoms with Gasteiger partial charge < -0.3 is 5.73 Å². The molecule has 2 rings (SSSR count). The minimum Gasteiger partial charge on any atom is -0.378 e. The fourth-order valence-corrected chi connectivity index (χ4v) is 2.49. The van der Waals surface area contributed by atoms with Gasteiger partial charge in [-0.05, 0) is 24.1 Å². The Hall–Kier alpha value is -1.000. The monoisotopic (exact) mass is 240 g/mol. The van der Waals surface area contributed by atoms with Crippen LogP contribution in [0.4, 0.5) is 0 Å². The molecule has 5 heteroatoms. The summed E-state index contributed by atoms with van der Waals surface area (Å²) in [5.41, 5.74) is 6.49. The molecule has 2 N–H and O–H groups in total. The summed E-state index contributed by atoms with van der Waals surface area (Å²) in [6.45, 7) is 0. The zero-order valence-electron chi connectivity index (χ0n) is 7.81. The van der Waals surface area contributed by atoms with E-state index in [0.29, 0.717) is 16.6 Å². The van der Waals surface area contributed by atoms with Crippen molar-refractivity contribution in [1.82, 2.24) is 0 Å². The first-order valence-electron chi connectivity index (χ1n) is 4.44. The molecule has 0 bridgehead atoms. The van der Waals surface area contributed by atoms with Crippen LogP contribution < -0.4 is 5.73 Å². The van der Waals surface area contributed by atoms with Crippen LogP contribution in [0, 0.1) is 0 Å². The number of carbonyl (C=O) groups is 1. The van der Waals surface area contributed by atoms with Gasteiger partial charge in [-0.15, -0.1) is 0 Å². The number of thioether (sulfide) groups is 1. The van der Waals surface area contributed by atoms with Gasteiger partial charge in [0.05, 0.1) is 5.25 Å². The topological polar surface area (TPSA) is 55.4 Å². The zero-order valence-corrected chi connectivity index (χ0v) is 9.39. The molecule has 1 atom stereocenters. The molecule has 0 saturated carbocycles. The van der Waals surface area contributed by atoms with Crippen LogP contribution in [0.1, 0.15) is 5.56 Å². The SMILES string of the molecule is NC1=NC(=O)[C@@H](Cc2cccc(Cl)c2)S1. The Morgan fingerprint density at radius 2 is 2.33 bits per heavy atom. The van der Waals surface area contributed by atoms with E-state index in [2.05, 4.69) is 4.99 Å². The standard InChI is InChI=1S/C10H9ClN2OS/c11-7-3-1-2-6(4-7)5-8-9(14)13-10(12)15-8/h1-4,8H,5H2,(H2,12,13,14)/t8-/m1/s1. The Morgan fingerprint density at radius 3 is 2.93 bits per heavy atom. The van der Waals surface area contributed by atoms with Gasteiger partial charge in [0.15, 0.2) is 5.17 Å². The first-order chi connectivity index (χ1) is 7.15. The van der Waals surface area contributed by atoms with E-state index in [4.69, 9.17) is 17.3 Å². The molecular weight excluding hydrogens is 232 g/mol. The predicted molar refractivity (Wildman–Crippen MR) is 63.2 cm³/mol. The molecule has 1 heterocycles. The highest BCUT2D eigenvalue weighted by Gasteiger charge is 2.26. The Labute approximate surface area is 96.7 Å². The normalized spacial score (nSPS) is 20.5. The number of nitrogens with two attached hydrogens (primary N) is 1. The first-order valence-corrected chi connectivity index (χ1v) is 5.70. The Morgan fingerprint density at radius 1 is 1.53 bits per heavy atom. The molecule has 1 aliphatic rings. The van der Waals surface area contributed by atoms with E-state index in [9.17, 15) is 4.79 Å². The van der Waals surface area contributed by atoms with Crippen molar-refractivity contribution < 1.29 is 4.79 Å². The zero-order chi connectivity index (χ0) is 10.8. The third-order valence-corrected chi connectivity index (χ3v) is 3.29. The fraction of sp³-hybridized carbons (Fsp3) is 0.200. The van der Waals surface area contributed by atoms with Gasteiger partial charge >= 0.3 is 0 Å². The lowest BCUT2D eigenvalue weighted by atomic mass is 10.1. The summed E-state index contributed by atoms with van der Waals surface area (Å²) in [4.78, 5) is 15.0. The van der Waals surface area contributed by atoms with Gasteiger partial charge in [-0.25, -0.2) is 0 Å². The van der Waals surface area contributed by atoms with Gasteiger partial charge in [0.25, 0.3) is 5.91 Å². The molecule has 0 saturated heterocycles. The molecule has 78 valence electrons. The Bertz CT molecular complexity index is 433. The highest BCUT2D eigenvalue weighted by molar-refractivity contribution is 8.15. The number of halogens is 1. The van der Waals surface area contributed by atoms with Gasteiger partial charge in [0.1, 0.15) is 0 Å². The number of rotatable bonds is 2. The summed E-state index contributed by atoms with van der Waals surface area (Å²) in [6, 6.07) is 7.46. The molecule has 15 heavy (non-hydrogen) atoms. The summed E-state index contributed by atoms with van der Waals surface area (Å²) in [5, 5.41) is 0.840. The van der Waals surface area contributed by atoms with Gasteiger partial charge in [0, 0.05) is 5.02 Å². The summed E-state index contributed by atoms with van der Waals surface area (Å²) >= 11 is 7.16. The number of nitrogens with zero attached hydrogens (tertiary/aromatic N) is 1. The molecule has 0 aliphatic carbocycles. The van der Waals surface area contributed by atoms with Crippen molar-refractivity contribution >= 4 is 34.4 Å². The van der Waals surface area contributed by atoms with Gasteiger partial charge in [-0.1, -0.05) is 35.5 Å². The summed E-state index contributed by atoms with van der Waals surface area (Å²) in [7, 11) is 0. The summed E-state index contributed by atoms with van der Waals surface area (Å²) < 4.78 is 0. The number of aliphatic imine (C=N–C) groups is 1. The van der Waals surface area contributed by atoms with E-state index < -0.39 is 0 Å². The second-order valence-corrected chi connectivity index (χ2v) is 4.89. The largest absolute Gasteiger partial charge is 0.378 e. The molecule has 1 amide bonds. The second kappa shape index (κ2) is 4.24. The van der Waals surface area contributed by atoms with Crippen LogP contribution in [0.25, 0.3) is 0 Å². The lowest BCUT2D eigenvalue weighted by Crippen LogP contribution is -2.14. The molecule has 1 aliphatic heterocycles. The van der Waals surface area contributed by atoms with Crippen LogP contribution in [-0.4, -0.2) is 16.3 Å². The Balaban J connectivity index is 2.08. The van der Waals surface area contributed by atoms with E-state index in [0.717, 1.165) is 5.56 Å². The predicted octanol–water partition coefficient (Wildman–Crippen LogP) is 1.84. The van der Waals surface area contributed by atoms with E-state index in [1.807, 2.05) is 18.2 Å². The number of benzene rings is 1. The minimum atomic E-state index is -0.191. The number of hydrogen-bond donors (Lipinski definition) is 1. The minimum absolute atomic E-state index is 0.155. The fourth-order valence-electron chi connectivity index (χ4n) is 1.41. The maximum atomic E-state index is 11.4. The molecule has 1 aromatic rings. The maximum absolute atomic E-state index is 11.4. The van der Waals surface area contributed by atoms with Gasteiger partial charge in [0.2, 0.25) is 0 Å². The molecule has 0 radical (unpaired) electrons. The van der Waals surface area contributed by atoms with Gasteiger partial charge in [-0.3, -0.25) is 4.79 Å². The molecule has 0 fully saturated rings. The van der Waals surface area contributed by atoms with Crippen molar-refractivity contribution in [2.45, 2.75) is 11.7 Å². The maximum Gasteiger partial charge on any atom is 0.261 e. The van der Waals surface area contributed by atoms with E-state index >= 15 is 0 Å². The molecule has 3 nitrogen and oxygen atoms in total. The van der Waals surface area contributed by atoms with Crippen LogP contribution in [-0.2, 0) is 11.2 Å². The van der Waals surface area contributed by atoms with Gasteiger partial charge in [-0.2, -0.15) is 4.99 Å². The van der Waals surface area contributed by atoms with Crippen molar-refractivity contribution in [2.24, 2.45) is 10.7 Å². The smallest absolute Gasteiger partial charge is 0.261 e. The van der Waals surface area contributed by atoms with Crippen molar-refractivity contribution in [3.63, 3.8) is 0 Å². The van der Waals surface area contributed by atoms with E-state index in [1.54, 1.807) is 6.07 Å². The van der Waals surface area contributed by atoms with Crippen molar-refractivity contribution in [3.05, 3.63) is 34.9 Å². The number of amidine groups is 1. The average Bonchev–Trinajstić information content (AvgIpc) is 2.45. The molecule has 1 aromatic carbocycles. The summed E-state index contributed by atoms with van der Waals surface area (Å²) in [5.74, 6) is -0.155. The van der Waals surface area contributed by atoms with Crippen molar-refractivity contribution in [1.29, 1.82) is 0 Å².